The topological polar surface area (TPSA) is 80.8 Å². The predicted molar refractivity (Wildman–Crippen MR) is 121 cm³/mol. The Kier molecular flexibility index (Phi) is 8.56. The highest BCUT2D eigenvalue weighted by molar-refractivity contribution is 9.09. The van der Waals surface area contributed by atoms with Crippen LogP contribution < -0.4 is 15.0 Å². The highest BCUT2D eigenvalue weighted by Gasteiger charge is 2.25. The second-order valence-electron chi connectivity index (χ2n) is 6.48. The van der Waals surface area contributed by atoms with E-state index in [9.17, 15) is 14.0 Å². The predicted octanol–water partition coefficient (Wildman–Crippen LogP) is 4.39. The zero-order valence-electron chi connectivity index (χ0n) is 17.0. The van der Waals surface area contributed by atoms with Gasteiger partial charge < -0.3 is 14.8 Å². The summed E-state index contributed by atoms with van der Waals surface area (Å²) in [4.78, 5) is 29.9. The first-order valence-corrected chi connectivity index (χ1v) is 10.7. The number of anilines is 1. The highest BCUT2D eigenvalue weighted by atomic mass is 79.9. The van der Waals surface area contributed by atoms with Gasteiger partial charge in [0, 0.05) is 18.4 Å². The molecule has 0 radical (unpaired) electrons. The summed E-state index contributed by atoms with van der Waals surface area (Å²) in [5.41, 5.74) is 0.866. The number of pyridine rings is 1. The lowest BCUT2D eigenvalue weighted by Crippen LogP contribution is -2.44. The van der Waals surface area contributed by atoms with Gasteiger partial charge in [-0.15, -0.1) is 0 Å². The van der Waals surface area contributed by atoms with Crippen LogP contribution in [0.5, 0.6) is 5.75 Å². The second kappa shape index (κ2) is 11.8. The molecule has 2 amide bonds. The van der Waals surface area contributed by atoms with Gasteiger partial charge in [-0.05, 0) is 48.5 Å². The fourth-order valence-electron chi connectivity index (χ4n) is 2.71. The summed E-state index contributed by atoms with van der Waals surface area (Å²) in [5, 5.41) is 2.74. The number of benzene rings is 2. The van der Waals surface area contributed by atoms with Gasteiger partial charge in [-0.2, -0.15) is 0 Å². The lowest BCUT2D eigenvalue weighted by molar-refractivity contribution is 0.0947. The van der Waals surface area contributed by atoms with Crippen LogP contribution >= 0.6 is 15.9 Å². The Hall–Kier alpha value is -3.46. The number of alkyl halides is 1. The third kappa shape index (κ3) is 6.78. The molecule has 0 saturated carbocycles. The zero-order chi connectivity index (χ0) is 22.8. The minimum atomic E-state index is -0.618. The zero-order valence-corrected chi connectivity index (χ0v) is 18.6. The van der Waals surface area contributed by atoms with Gasteiger partial charge in [0.05, 0.1) is 0 Å². The molecule has 1 N–H and O–H groups in total. The minimum absolute atomic E-state index is 0.0143. The molecule has 2 aromatic carbocycles. The number of carbonyl (C=O) groups excluding carboxylic acids is 2. The molecule has 0 aliphatic rings. The molecular formula is C23H21BrFN3O4. The van der Waals surface area contributed by atoms with Crippen LogP contribution in [0.2, 0.25) is 0 Å². The van der Waals surface area contributed by atoms with Crippen LogP contribution in [0, 0.1) is 5.82 Å². The van der Waals surface area contributed by atoms with Crippen molar-refractivity contribution in [2.45, 2.75) is 4.95 Å². The first kappa shape index (κ1) is 23.2. The number of hydrogen-bond donors (Lipinski definition) is 1. The maximum Gasteiger partial charge on any atom is 0.415 e. The van der Waals surface area contributed by atoms with Crippen molar-refractivity contribution in [2.24, 2.45) is 0 Å². The molecule has 0 spiro atoms. The molecule has 0 aliphatic carbocycles. The Morgan fingerprint density at radius 1 is 1.00 bits per heavy atom. The minimum Gasteiger partial charge on any atom is -0.490 e. The summed E-state index contributed by atoms with van der Waals surface area (Å²) in [6.07, 6.45) is 0.912. The van der Waals surface area contributed by atoms with E-state index in [0.717, 1.165) is 0 Å². The number of ether oxygens (including phenoxy) is 2. The van der Waals surface area contributed by atoms with Crippen LogP contribution in [0.25, 0.3) is 0 Å². The van der Waals surface area contributed by atoms with Crippen LogP contribution in [0.3, 0.4) is 0 Å². The summed E-state index contributed by atoms with van der Waals surface area (Å²) in [5.74, 6) is -0.247. The summed E-state index contributed by atoms with van der Waals surface area (Å²) >= 11 is 3.46. The molecule has 1 heterocycles. The number of halogens is 2. The lowest BCUT2D eigenvalue weighted by atomic mass is 10.3. The summed E-state index contributed by atoms with van der Waals surface area (Å²) in [6.45, 7) is 0.203. The van der Waals surface area contributed by atoms with Crippen LogP contribution in [-0.4, -0.2) is 41.7 Å². The van der Waals surface area contributed by atoms with Crippen LogP contribution in [0.1, 0.15) is 10.5 Å². The molecule has 0 bridgehead atoms. The maximum atomic E-state index is 13.0. The van der Waals surface area contributed by atoms with Crippen molar-refractivity contribution in [3.8, 4) is 5.75 Å². The number of nitrogens with one attached hydrogen (secondary N) is 1. The number of para-hydroxylation sites is 1. The van der Waals surface area contributed by atoms with E-state index in [2.05, 4.69) is 26.2 Å². The lowest BCUT2D eigenvalue weighted by Gasteiger charge is -2.27. The molecule has 1 atom stereocenters. The monoisotopic (exact) mass is 501 g/mol. The van der Waals surface area contributed by atoms with E-state index in [1.807, 2.05) is 6.07 Å². The Morgan fingerprint density at radius 3 is 2.41 bits per heavy atom. The van der Waals surface area contributed by atoms with Crippen LogP contribution in [-0.2, 0) is 4.74 Å². The highest BCUT2D eigenvalue weighted by Crippen LogP contribution is 2.21. The number of carbonyl (C=O) groups is 2. The first-order valence-electron chi connectivity index (χ1n) is 9.77. The average molecular weight is 502 g/mol. The van der Waals surface area contributed by atoms with Crippen molar-refractivity contribution < 1.29 is 23.5 Å². The van der Waals surface area contributed by atoms with Crippen molar-refractivity contribution in [3.63, 3.8) is 0 Å². The van der Waals surface area contributed by atoms with E-state index in [1.165, 1.54) is 35.4 Å². The third-order valence-corrected chi connectivity index (χ3v) is 4.96. The van der Waals surface area contributed by atoms with Gasteiger partial charge in [-0.3, -0.25) is 14.7 Å². The number of hydrogen-bond acceptors (Lipinski definition) is 5. The molecule has 9 heteroatoms. The normalized spacial score (nSPS) is 11.3. The number of amides is 2. The maximum absolute atomic E-state index is 13.0. The fourth-order valence-corrected chi connectivity index (χ4v) is 3.28. The van der Waals surface area contributed by atoms with E-state index in [0.29, 0.717) is 11.4 Å². The smallest absolute Gasteiger partial charge is 0.415 e. The quantitative estimate of drug-likeness (QED) is 0.267. The SMILES string of the molecule is O=C(NCC(Br)N(C(=O)OCCOc1ccc(F)cc1)c1ccccc1)c1ccccn1. The van der Waals surface area contributed by atoms with Crippen molar-refractivity contribution in [1.82, 2.24) is 10.3 Å². The largest absolute Gasteiger partial charge is 0.490 e. The van der Waals surface area contributed by atoms with E-state index < -0.39 is 11.0 Å². The van der Waals surface area contributed by atoms with Crippen molar-refractivity contribution in [3.05, 3.63) is 90.5 Å². The molecule has 0 fully saturated rings. The molecule has 0 aliphatic heterocycles. The number of rotatable bonds is 9. The summed E-state index contributed by atoms with van der Waals surface area (Å²) < 4.78 is 23.7. The standard InChI is InChI=1S/C23H21BrFN3O4/c24-21(16-27-22(29)20-8-4-5-13-26-20)28(18-6-2-1-3-7-18)23(30)32-15-14-31-19-11-9-17(25)10-12-19/h1-13,21H,14-16H2,(H,27,29). The number of nitrogens with zero attached hydrogens (tertiary/aromatic N) is 2. The second-order valence-corrected chi connectivity index (χ2v) is 7.54. The Bertz CT molecular complexity index is 1010. The van der Waals surface area contributed by atoms with E-state index in [4.69, 9.17) is 9.47 Å². The van der Waals surface area contributed by atoms with Gasteiger partial charge >= 0.3 is 6.09 Å². The van der Waals surface area contributed by atoms with Gasteiger partial charge in [0.25, 0.3) is 5.91 Å². The van der Waals surface area contributed by atoms with Crippen LogP contribution in [0.15, 0.2) is 79.0 Å². The van der Waals surface area contributed by atoms with Gasteiger partial charge in [0.15, 0.2) is 0 Å². The molecule has 1 aromatic heterocycles. The van der Waals surface area contributed by atoms with Gasteiger partial charge in [-0.1, -0.05) is 40.2 Å². The molecule has 166 valence electrons. The summed E-state index contributed by atoms with van der Waals surface area (Å²) in [7, 11) is 0. The van der Waals surface area contributed by atoms with E-state index in [1.54, 1.807) is 42.5 Å². The molecular weight excluding hydrogens is 481 g/mol. The molecule has 3 rings (SSSR count). The van der Waals surface area contributed by atoms with E-state index >= 15 is 0 Å². The molecule has 3 aromatic rings. The Labute approximate surface area is 193 Å². The van der Waals surface area contributed by atoms with E-state index in [-0.39, 0.29) is 37.2 Å². The van der Waals surface area contributed by atoms with Gasteiger partial charge in [0.1, 0.15) is 35.4 Å². The molecule has 1 unspecified atom stereocenters. The Balaban J connectivity index is 1.57. The third-order valence-electron chi connectivity index (χ3n) is 4.23. The van der Waals surface area contributed by atoms with Gasteiger partial charge in [0.2, 0.25) is 0 Å². The van der Waals surface area contributed by atoms with Crippen LogP contribution in [0.4, 0.5) is 14.9 Å². The molecule has 32 heavy (non-hydrogen) atoms. The molecule has 0 saturated heterocycles. The van der Waals surface area contributed by atoms with Crippen molar-refractivity contribution in [2.75, 3.05) is 24.7 Å². The molecule has 7 nitrogen and oxygen atoms in total. The van der Waals surface area contributed by atoms with Gasteiger partial charge in [-0.25, -0.2) is 9.18 Å². The first-order chi connectivity index (χ1) is 15.5. The Morgan fingerprint density at radius 2 is 1.72 bits per heavy atom. The van der Waals surface area contributed by atoms with Crippen molar-refractivity contribution >= 4 is 33.6 Å². The average Bonchev–Trinajstić information content (AvgIpc) is 2.83. The number of aromatic nitrogens is 1. The fraction of sp³-hybridized carbons (Fsp3) is 0.174. The summed E-state index contributed by atoms with van der Waals surface area (Å²) in [6, 6.07) is 19.5. The van der Waals surface area contributed by atoms with Crippen molar-refractivity contribution in [1.29, 1.82) is 0 Å².